The van der Waals surface area contributed by atoms with Crippen LogP contribution in [0.3, 0.4) is 0 Å². The van der Waals surface area contributed by atoms with Crippen molar-refractivity contribution in [1.82, 2.24) is 5.32 Å². The van der Waals surface area contributed by atoms with Crippen LogP contribution in [0.4, 0.5) is 0 Å². The Kier molecular flexibility index (Phi) is 4.12. The zero-order valence-electron chi connectivity index (χ0n) is 11.6. The molecule has 0 saturated heterocycles. The highest BCUT2D eigenvalue weighted by Gasteiger charge is 2.27. The number of nitrogens with one attached hydrogen (secondary N) is 1. The fraction of sp³-hybridized carbons (Fsp3) is 0.600. The number of hydrogen-bond donors (Lipinski definition) is 1. The van der Waals surface area contributed by atoms with E-state index in [2.05, 4.69) is 18.3 Å². The third kappa shape index (κ3) is 2.96. The predicted octanol–water partition coefficient (Wildman–Crippen LogP) is 3.13. The molecule has 1 aromatic rings. The molecule has 18 heavy (non-hydrogen) atoms. The van der Waals surface area contributed by atoms with Crippen LogP contribution < -0.4 is 14.8 Å². The molecule has 3 nitrogen and oxygen atoms in total. The van der Waals surface area contributed by atoms with Crippen LogP contribution in [0.5, 0.6) is 11.5 Å². The second-order valence-corrected chi connectivity index (χ2v) is 5.30. The van der Waals surface area contributed by atoms with Crippen LogP contribution in [-0.4, -0.2) is 19.8 Å². The van der Waals surface area contributed by atoms with Gasteiger partial charge in [-0.3, -0.25) is 0 Å². The minimum absolute atomic E-state index is 0.297. The second-order valence-electron chi connectivity index (χ2n) is 5.30. The van der Waals surface area contributed by atoms with Gasteiger partial charge in [0.1, 0.15) is 11.5 Å². The molecule has 0 spiro atoms. The maximum Gasteiger partial charge on any atom is 0.127 e. The zero-order valence-corrected chi connectivity index (χ0v) is 11.6. The first-order valence-electron chi connectivity index (χ1n) is 6.63. The Morgan fingerprint density at radius 2 is 1.89 bits per heavy atom. The molecule has 0 aromatic heterocycles. The molecule has 0 amide bonds. The first-order valence-corrected chi connectivity index (χ1v) is 6.63. The molecule has 100 valence electrons. The van der Waals surface area contributed by atoms with E-state index in [0.29, 0.717) is 5.54 Å². The highest BCUT2D eigenvalue weighted by Crippen LogP contribution is 2.30. The largest absolute Gasteiger partial charge is 0.497 e. The molecule has 1 aliphatic carbocycles. The first-order chi connectivity index (χ1) is 8.67. The van der Waals surface area contributed by atoms with Gasteiger partial charge >= 0.3 is 0 Å². The Morgan fingerprint density at radius 3 is 2.50 bits per heavy atom. The van der Waals surface area contributed by atoms with Gasteiger partial charge < -0.3 is 14.8 Å². The molecule has 1 aromatic carbocycles. The van der Waals surface area contributed by atoms with Crippen LogP contribution in [0.2, 0.25) is 0 Å². The monoisotopic (exact) mass is 249 g/mol. The van der Waals surface area contributed by atoms with E-state index in [1.165, 1.54) is 31.2 Å². The first kappa shape index (κ1) is 13.2. The number of hydrogen-bond acceptors (Lipinski definition) is 3. The van der Waals surface area contributed by atoms with Gasteiger partial charge in [-0.25, -0.2) is 0 Å². The van der Waals surface area contributed by atoms with Crippen LogP contribution in [0.15, 0.2) is 18.2 Å². The van der Waals surface area contributed by atoms with Crippen molar-refractivity contribution in [2.75, 3.05) is 14.2 Å². The Morgan fingerprint density at radius 1 is 1.17 bits per heavy atom. The summed E-state index contributed by atoms with van der Waals surface area (Å²) < 4.78 is 10.6. The van der Waals surface area contributed by atoms with Crippen molar-refractivity contribution in [1.29, 1.82) is 0 Å². The fourth-order valence-corrected chi connectivity index (χ4v) is 2.64. The molecular formula is C15H23NO2. The maximum atomic E-state index is 5.42. The summed E-state index contributed by atoms with van der Waals surface area (Å²) in [4.78, 5) is 0. The van der Waals surface area contributed by atoms with Crippen molar-refractivity contribution in [2.24, 2.45) is 0 Å². The van der Waals surface area contributed by atoms with Gasteiger partial charge in [-0.15, -0.1) is 0 Å². The second kappa shape index (κ2) is 5.61. The third-order valence-electron chi connectivity index (χ3n) is 3.91. The molecule has 0 radical (unpaired) electrons. The molecule has 1 saturated carbocycles. The number of benzene rings is 1. The summed E-state index contributed by atoms with van der Waals surface area (Å²) in [6.07, 6.45) is 5.21. The molecule has 2 rings (SSSR count). The summed E-state index contributed by atoms with van der Waals surface area (Å²) in [6, 6.07) is 5.99. The van der Waals surface area contributed by atoms with Gasteiger partial charge in [-0.1, -0.05) is 18.9 Å². The van der Waals surface area contributed by atoms with Crippen molar-refractivity contribution in [3.8, 4) is 11.5 Å². The SMILES string of the molecule is COc1ccc(CNC2(C)CCCC2)c(OC)c1. The molecule has 0 bridgehead atoms. The lowest BCUT2D eigenvalue weighted by molar-refractivity contribution is 0.353. The Balaban J connectivity index is 2.04. The smallest absolute Gasteiger partial charge is 0.127 e. The van der Waals surface area contributed by atoms with E-state index in [-0.39, 0.29) is 0 Å². The summed E-state index contributed by atoms with van der Waals surface area (Å²) in [5.41, 5.74) is 1.48. The number of rotatable bonds is 5. The number of ether oxygens (including phenoxy) is 2. The molecule has 0 unspecified atom stereocenters. The van der Waals surface area contributed by atoms with Crippen LogP contribution in [0.25, 0.3) is 0 Å². The van der Waals surface area contributed by atoms with Crippen molar-refractivity contribution in [3.63, 3.8) is 0 Å². The van der Waals surface area contributed by atoms with Crippen molar-refractivity contribution < 1.29 is 9.47 Å². The average molecular weight is 249 g/mol. The van der Waals surface area contributed by atoms with Gasteiger partial charge in [-0.05, 0) is 25.8 Å². The Bertz CT molecular complexity index is 397. The van der Waals surface area contributed by atoms with Crippen LogP contribution in [0, 0.1) is 0 Å². The summed E-state index contributed by atoms with van der Waals surface area (Å²) in [7, 11) is 3.38. The van der Waals surface area contributed by atoms with E-state index >= 15 is 0 Å². The summed E-state index contributed by atoms with van der Waals surface area (Å²) in [5, 5.41) is 3.67. The van der Waals surface area contributed by atoms with E-state index in [9.17, 15) is 0 Å². The van der Waals surface area contributed by atoms with Gasteiger partial charge in [0.15, 0.2) is 0 Å². The van der Waals surface area contributed by atoms with Crippen molar-refractivity contribution in [3.05, 3.63) is 23.8 Å². The lowest BCUT2D eigenvalue weighted by Gasteiger charge is -2.26. The summed E-state index contributed by atoms with van der Waals surface area (Å²) >= 11 is 0. The van der Waals surface area contributed by atoms with E-state index in [4.69, 9.17) is 9.47 Å². The number of methoxy groups -OCH3 is 2. The predicted molar refractivity (Wildman–Crippen MR) is 73.3 cm³/mol. The van der Waals surface area contributed by atoms with Crippen LogP contribution in [-0.2, 0) is 6.54 Å². The average Bonchev–Trinajstić information content (AvgIpc) is 2.83. The lowest BCUT2D eigenvalue weighted by atomic mass is 10.00. The molecule has 0 aliphatic heterocycles. The van der Waals surface area contributed by atoms with Crippen LogP contribution in [0.1, 0.15) is 38.2 Å². The lowest BCUT2D eigenvalue weighted by Crippen LogP contribution is -2.38. The van der Waals surface area contributed by atoms with E-state index in [1.807, 2.05) is 12.1 Å². The fourth-order valence-electron chi connectivity index (χ4n) is 2.64. The molecule has 0 heterocycles. The molecule has 0 atom stereocenters. The zero-order chi connectivity index (χ0) is 13.0. The van der Waals surface area contributed by atoms with Crippen molar-refractivity contribution >= 4 is 0 Å². The minimum Gasteiger partial charge on any atom is -0.497 e. The quantitative estimate of drug-likeness (QED) is 0.869. The summed E-state index contributed by atoms with van der Waals surface area (Å²) in [6.45, 7) is 3.17. The van der Waals surface area contributed by atoms with E-state index in [1.54, 1.807) is 14.2 Å². The topological polar surface area (TPSA) is 30.5 Å². The van der Waals surface area contributed by atoms with Gasteiger partial charge in [0, 0.05) is 23.7 Å². The van der Waals surface area contributed by atoms with E-state index in [0.717, 1.165) is 18.0 Å². The standard InChI is InChI=1S/C15H23NO2/c1-15(8-4-5-9-15)16-11-12-6-7-13(17-2)10-14(12)18-3/h6-7,10,16H,4-5,8-9,11H2,1-3H3. The van der Waals surface area contributed by atoms with Gasteiger partial charge in [0.25, 0.3) is 0 Å². The van der Waals surface area contributed by atoms with Gasteiger partial charge in [-0.2, -0.15) is 0 Å². The molecule has 3 heteroatoms. The van der Waals surface area contributed by atoms with Gasteiger partial charge in [0.05, 0.1) is 14.2 Å². The minimum atomic E-state index is 0.297. The molecule has 1 aliphatic rings. The molecular weight excluding hydrogens is 226 g/mol. The highest BCUT2D eigenvalue weighted by molar-refractivity contribution is 5.40. The molecule has 1 N–H and O–H groups in total. The maximum absolute atomic E-state index is 5.42. The molecule has 1 fully saturated rings. The third-order valence-corrected chi connectivity index (χ3v) is 3.91. The van der Waals surface area contributed by atoms with Crippen molar-refractivity contribution in [2.45, 2.75) is 44.7 Å². The highest BCUT2D eigenvalue weighted by atomic mass is 16.5. The summed E-state index contributed by atoms with van der Waals surface area (Å²) in [5.74, 6) is 1.73. The Labute approximate surface area is 109 Å². The Hall–Kier alpha value is -1.22. The van der Waals surface area contributed by atoms with Crippen LogP contribution >= 0.6 is 0 Å². The van der Waals surface area contributed by atoms with Gasteiger partial charge in [0.2, 0.25) is 0 Å². The van der Waals surface area contributed by atoms with E-state index < -0.39 is 0 Å². The normalized spacial score (nSPS) is 17.7.